The van der Waals surface area contributed by atoms with Crippen molar-refractivity contribution in [3.05, 3.63) is 53.5 Å². The zero-order valence-corrected chi connectivity index (χ0v) is 12.3. The van der Waals surface area contributed by atoms with Crippen LogP contribution in [0.2, 0.25) is 5.02 Å². The third-order valence-electron chi connectivity index (χ3n) is 3.28. The first kappa shape index (κ1) is 13.8. The standard InChI is InChI=1S/C15H16ClN5/c16-13-6-8-14(9-7-13)21-18-15(17-19-21)5-1-2-10-20-11-3-4-12-20/h1-2,5-10H,3-4,11-12H2/b5-1+,10-2+. The van der Waals surface area contributed by atoms with Gasteiger partial charge in [0.1, 0.15) is 0 Å². The maximum absolute atomic E-state index is 5.85. The molecule has 2 aromatic rings. The fourth-order valence-corrected chi connectivity index (χ4v) is 2.31. The van der Waals surface area contributed by atoms with Gasteiger partial charge in [-0.2, -0.15) is 0 Å². The van der Waals surface area contributed by atoms with Gasteiger partial charge in [-0.3, -0.25) is 0 Å². The average molecular weight is 302 g/mol. The fraction of sp³-hybridized carbons (Fsp3) is 0.267. The number of likely N-dealkylation sites (tertiary alicyclic amines) is 1. The fourth-order valence-electron chi connectivity index (χ4n) is 2.18. The molecule has 0 N–H and O–H groups in total. The highest BCUT2D eigenvalue weighted by Gasteiger charge is 2.05. The van der Waals surface area contributed by atoms with E-state index in [0.29, 0.717) is 10.8 Å². The van der Waals surface area contributed by atoms with Gasteiger partial charge in [-0.25, -0.2) is 0 Å². The van der Waals surface area contributed by atoms with Gasteiger partial charge in [0.25, 0.3) is 0 Å². The summed E-state index contributed by atoms with van der Waals surface area (Å²) in [6.07, 6.45) is 10.4. The summed E-state index contributed by atoms with van der Waals surface area (Å²) in [6.45, 7) is 2.30. The SMILES string of the molecule is Clc1ccc(-n2nnc(/C=C/C=C/N3CCCC3)n2)cc1. The Morgan fingerprint density at radius 3 is 2.57 bits per heavy atom. The number of aromatic nitrogens is 4. The van der Waals surface area contributed by atoms with Gasteiger partial charge < -0.3 is 4.90 Å². The largest absolute Gasteiger partial charge is 0.377 e. The molecule has 6 heteroatoms. The molecule has 1 aliphatic heterocycles. The smallest absolute Gasteiger partial charge is 0.198 e. The van der Waals surface area contributed by atoms with Crippen LogP contribution in [-0.2, 0) is 0 Å². The minimum Gasteiger partial charge on any atom is -0.377 e. The van der Waals surface area contributed by atoms with E-state index in [9.17, 15) is 0 Å². The van der Waals surface area contributed by atoms with E-state index in [1.165, 1.54) is 17.6 Å². The quantitative estimate of drug-likeness (QED) is 0.815. The number of allylic oxidation sites excluding steroid dienone is 2. The van der Waals surface area contributed by atoms with Crippen LogP contribution < -0.4 is 0 Å². The predicted molar refractivity (Wildman–Crippen MR) is 83.1 cm³/mol. The highest BCUT2D eigenvalue weighted by atomic mass is 35.5. The van der Waals surface area contributed by atoms with Crippen LogP contribution in [0.25, 0.3) is 11.8 Å². The van der Waals surface area contributed by atoms with Gasteiger partial charge >= 0.3 is 0 Å². The predicted octanol–water partition coefficient (Wildman–Crippen LogP) is 2.94. The van der Waals surface area contributed by atoms with Crippen molar-refractivity contribution >= 4 is 17.7 Å². The molecule has 0 amide bonds. The molecule has 21 heavy (non-hydrogen) atoms. The molecular formula is C15H16ClN5. The van der Waals surface area contributed by atoms with Crippen LogP contribution in [0.5, 0.6) is 0 Å². The Labute approximate surface area is 128 Å². The number of benzene rings is 1. The van der Waals surface area contributed by atoms with Crippen LogP contribution >= 0.6 is 11.6 Å². The first-order valence-electron chi connectivity index (χ1n) is 6.96. The molecule has 108 valence electrons. The van der Waals surface area contributed by atoms with Gasteiger partial charge in [0.15, 0.2) is 5.82 Å². The molecule has 1 fully saturated rings. The van der Waals surface area contributed by atoms with E-state index >= 15 is 0 Å². The Morgan fingerprint density at radius 2 is 1.81 bits per heavy atom. The monoisotopic (exact) mass is 301 g/mol. The van der Waals surface area contributed by atoms with Gasteiger partial charge in [-0.05, 0) is 60.7 Å². The third-order valence-corrected chi connectivity index (χ3v) is 3.53. The van der Waals surface area contributed by atoms with Crippen molar-refractivity contribution in [3.63, 3.8) is 0 Å². The van der Waals surface area contributed by atoms with E-state index in [1.54, 1.807) is 12.1 Å². The lowest BCUT2D eigenvalue weighted by Gasteiger charge is -2.08. The maximum Gasteiger partial charge on any atom is 0.198 e. The lowest BCUT2D eigenvalue weighted by molar-refractivity contribution is 0.468. The van der Waals surface area contributed by atoms with Gasteiger partial charge in [-0.15, -0.1) is 15.0 Å². The highest BCUT2D eigenvalue weighted by molar-refractivity contribution is 6.30. The molecule has 0 bridgehead atoms. The van der Waals surface area contributed by atoms with Crippen LogP contribution in [0, 0.1) is 0 Å². The molecule has 0 unspecified atom stereocenters. The lowest BCUT2D eigenvalue weighted by Crippen LogP contribution is -2.09. The Morgan fingerprint density at radius 1 is 1.05 bits per heavy atom. The van der Waals surface area contributed by atoms with Crippen molar-refractivity contribution in [2.24, 2.45) is 0 Å². The molecule has 1 saturated heterocycles. The van der Waals surface area contributed by atoms with Crippen LogP contribution in [-0.4, -0.2) is 38.2 Å². The molecule has 0 saturated carbocycles. The maximum atomic E-state index is 5.85. The number of hydrogen-bond donors (Lipinski definition) is 0. The summed E-state index contributed by atoms with van der Waals surface area (Å²) in [7, 11) is 0. The Hall–Kier alpha value is -2.14. The Balaban J connectivity index is 1.63. The zero-order chi connectivity index (χ0) is 14.5. The highest BCUT2D eigenvalue weighted by Crippen LogP contribution is 2.11. The van der Waals surface area contributed by atoms with E-state index < -0.39 is 0 Å². The molecule has 3 rings (SSSR count). The van der Waals surface area contributed by atoms with E-state index in [4.69, 9.17) is 11.6 Å². The van der Waals surface area contributed by atoms with Crippen LogP contribution in [0.15, 0.2) is 42.6 Å². The third kappa shape index (κ3) is 3.70. The zero-order valence-electron chi connectivity index (χ0n) is 11.6. The molecule has 1 aliphatic rings. The number of hydrogen-bond acceptors (Lipinski definition) is 4. The van der Waals surface area contributed by atoms with Crippen molar-refractivity contribution < 1.29 is 0 Å². The van der Waals surface area contributed by atoms with Crippen molar-refractivity contribution in [3.8, 4) is 5.69 Å². The Bertz CT molecular complexity index is 638. The van der Waals surface area contributed by atoms with Crippen molar-refractivity contribution in [1.82, 2.24) is 25.1 Å². The van der Waals surface area contributed by atoms with Crippen LogP contribution in [0.1, 0.15) is 18.7 Å². The van der Waals surface area contributed by atoms with Gasteiger partial charge in [-0.1, -0.05) is 17.7 Å². The molecule has 0 aliphatic carbocycles. The summed E-state index contributed by atoms with van der Waals surface area (Å²) >= 11 is 5.85. The number of halogens is 1. The van der Waals surface area contributed by atoms with Crippen molar-refractivity contribution in [2.75, 3.05) is 13.1 Å². The summed E-state index contributed by atoms with van der Waals surface area (Å²) in [5.41, 5.74) is 0.833. The number of rotatable bonds is 4. The molecule has 1 aromatic heterocycles. The first-order chi connectivity index (χ1) is 10.3. The molecule has 0 spiro atoms. The number of nitrogens with zero attached hydrogens (tertiary/aromatic N) is 5. The molecule has 0 atom stereocenters. The summed E-state index contributed by atoms with van der Waals surface area (Å²) in [5.74, 6) is 0.580. The molecular weight excluding hydrogens is 286 g/mol. The summed E-state index contributed by atoms with van der Waals surface area (Å²) in [5, 5.41) is 13.0. The second-order valence-electron chi connectivity index (χ2n) is 4.86. The van der Waals surface area contributed by atoms with Crippen molar-refractivity contribution in [2.45, 2.75) is 12.8 Å². The Kier molecular flexibility index (Phi) is 4.31. The van der Waals surface area contributed by atoms with Gasteiger partial charge in [0.05, 0.1) is 5.69 Å². The van der Waals surface area contributed by atoms with E-state index in [-0.39, 0.29) is 0 Å². The summed E-state index contributed by atoms with van der Waals surface area (Å²) < 4.78 is 0. The van der Waals surface area contributed by atoms with Crippen LogP contribution in [0.4, 0.5) is 0 Å². The summed E-state index contributed by atoms with van der Waals surface area (Å²) in [6, 6.07) is 7.30. The molecule has 0 radical (unpaired) electrons. The first-order valence-corrected chi connectivity index (χ1v) is 7.34. The topological polar surface area (TPSA) is 46.8 Å². The molecule has 2 heterocycles. The minimum atomic E-state index is 0.580. The van der Waals surface area contributed by atoms with E-state index in [0.717, 1.165) is 18.8 Å². The van der Waals surface area contributed by atoms with Crippen LogP contribution in [0.3, 0.4) is 0 Å². The summed E-state index contributed by atoms with van der Waals surface area (Å²) in [4.78, 5) is 3.79. The molecule has 1 aromatic carbocycles. The van der Waals surface area contributed by atoms with E-state index in [1.807, 2.05) is 30.4 Å². The average Bonchev–Trinajstić information content (AvgIpc) is 3.16. The normalized spacial score (nSPS) is 15.6. The van der Waals surface area contributed by atoms with Gasteiger partial charge in [0, 0.05) is 18.1 Å². The van der Waals surface area contributed by atoms with Crippen molar-refractivity contribution in [1.29, 1.82) is 0 Å². The second kappa shape index (κ2) is 6.54. The lowest BCUT2D eigenvalue weighted by atomic mass is 10.3. The van der Waals surface area contributed by atoms with Gasteiger partial charge in [0.2, 0.25) is 0 Å². The minimum absolute atomic E-state index is 0.580. The molecule has 5 nitrogen and oxygen atoms in total. The second-order valence-corrected chi connectivity index (χ2v) is 5.29. The number of tetrazole rings is 1. The van der Waals surface area contributed by atoms with E-state index in [2.05, 4.69) is 26.5 Å².